The number of nitrogens with zero attached hydrogens (tertiary/aromatic N) is 4. The SMILES string of the molecule is Cn1nc(N)c2c(-c3ccccc3)nc(-c3ccccc3)nc21. The first-order valence-electron chi connectivity index (χ1n) is 7.35. The molecule has 0 saturated heterocycles. The van der Waals surface area contributed by atoms with Gasteiger partial charge in [0.2, 0.25) is 0 Å². The van der Waals surface area contributed by atoms with Gasteiger partial charge in [0.1, 0.15) is 0 Å². The monoisotopic (exact) mass is 301 g/mol. The second-order valence-electron chi connectivity index (χ2n) is 5.34. The van der Waals surface area contributed by atoms with Gasteiger partial charge < -0.3 is 5.73 Å². The maximum absolute atomic E-state index is 6.09. The first kappa shape index (κ1) is 13.5. The molecule has 0 amide bonds. The van der Waals surface area contributed by atoms with Crippen molar-refractivity contribution in [2.24, 2.45) is 7.05 Å². The van der Waals surface area contributed by atoms with E-state index in [-0.39, 0.29) is 0 Å². The molecule has 0 fully saturated rings. The predicted molar refractivity (Wildman–Crippen MR) is 91.6 cm³/mol. The fourth-order valence-corrected chi connectivity index (χ4v) is 2.70. The predicted octanol–water partition coefficient (Wildman–Crippen LogP) is 3.28. The largest absolute Gasteiger partial charge is 0.382 e. The minimum Gasteiger partial charge on any atom is -0.382 e. The van der Waals surface area contributed by atoms with E-state index in [2.05, 4.69) is 10.1 Å². The van der Waals surface area contributed by atoms with Crippen LogP contribution in [0.5, 0.6) is 0 Å². The Morgan fingerprint density at radius 1 is 0.826 bits per heavy atom. The van der Waals surface area contributed by atoms with Crippen molar-refractivity contribution in [3.05, 3.63) is 60.7 Å². The Balaban J connectivity index is 2.07. The van der Waals surface area contributed by atoms with Crippen LogP contribution in [0.1, 0.15) is 0 Å². The highest BCUT2D eigenvalue weighted by molar-refractivity contribution is 5.99. The van der Waals surface area contributed by atoms with E-state index < -0.39 is 0 Å². The lowest BCUT2D eigenvalue weighted by Gasteiger charge is -2.07. The fraction of sp³-hybridized carbons (Fsp3) is 0.0556. The molecule has 4 aromatic rings. The molecule has 0 aliphatic carbocycles. The summed E-state index contributed by atoms with van der Waals surface area (Å²) in [7, 11) is 1.84. The van der Waals surface area contributed by atoms with Gasteiger partial charge in [-0.3, -0.25) is 0 Å². The molecule has 0 saturated carbocycles. The van der Waals surface area contributed by atoms with Crippen molar-refractivity contribution < 1.29 is 0 Å². The van der Waals surface area contributed by atoms with Gasteiger partial charge in [-0.2, -0.15) is 5.10 Å². The molecule has 0 atom stereocenters. The molecule has 2 N–H and O–H groups in total. The molecule has 23 heavy (non-hydrogen) atoms. The van der Waals surface area contributed by atoms with Crippen LogP contribution in [0.25, 0.3) is 33.7 Å². The van der Waals surface area contributed by atoms with Crippen LogP contribution >= 0.6 is 0 Å². The van der Waals surface area contributed by atoms with E-state index >= 15 is 0 Å². The number of anilines is 1. The Labute approximate surface area is 133 Å². The molecule has 0 unspecified atom stereocenters. The lowest BCUT2D eigenvalue weighted by molar-refractivity contribution is 0.790. The summed E-state index contributed by atoms with van der Waals surface area (Å²) in [6, 6.07) is 19.9. The van der Waals surface area contributed by atoms with Crippen LogP contribution in [0, 0.1) is 0 Å². The summed E-state index contributed by atoms with van der Waals surface area (Å²) in [4.78, 5) is 9.43. The number of aryl methyl sites for hydroxylation is 1. The zero-order chi connectivity index (χ0) is 15.8. The van der Waals surface area contributed by atoms with Gasteiger partial charge in [0.15, 0.2) is 17.3 Å². The molecule has 5 nitrogen and oxygen atoms in total. The summed E-state index contributed by atoms with van der Waals surface area (Å²) in [6.07, 6.45) is 0. The third-order valence-corrected chi connectivity index (χ3v) is 3.79. The number of benzene rings is 2. The molecule has 0 spiro atoms. The number of hydrogen-bond donors (Lipinski definition) is 1. The van der Waals surface area contributed by atoms with Gasteiger partial charge in [-0.1, -0.05) is 60.7 Å². The van der Waals surface area contributed by atoms with Gasteiger partial charge in [-0.15, -0.1) is 0 Å². The highest BCUT2D eigenvalue weighted by Crippen LogP contribution is 2.31. The molecular weight excluding hydrogens is 286 g/mol. The topological polar surface area (TPSA) is 69.6 Å². The molecule has 2 heterocycles. The van der Waals surface area contributed by atoms with E-state index in [0.29, 0.717) is 11.6 Å². The van der Waals surface area contributed by atoms with Crippen LogP contribution in [0.3, 0.4) is 0 Å². The molecule has 2 aromatic heterocycles. The van der Waals surface area contributed by atoms with E-state index in [9.17, 15) is 0 Å². The maximum Gasteiger partial charge on any atom is 0.164 e. The Hall–Kier alpha value is -3.21. The smallest absolute Gasteiger partial charge is 0.164 e. The van der Waals surface area contributed by atoms with Crippen LogP contribution in [0.2, 0.25) is 0 Å². The highest BCUT2D eigenvalue weighted by Gasteiger charge is 2.17. The standard InChI is InChI=1S/C18H15N5/c1-23-18-14(16(19)22-23)15(12-8-4-2-5-9-12)20-17(21-18)13-10-6-3-7-11-13/h2-11H,1H3,(H2,19,22). The van der Waals surface area contributed by atoms with Crippen LogP contribution < -0.4 is 5.73 Å². The molecule has 0 radical (unpaired) electrons. The first-order chi connectivity index (χ1) is 11.2. The number of nitrogen functional groups attached to an aromatic ring is 1. The quantitative estimate of drug-likeness (QED) is 0.617. The van der Waals surface area contributed by atoms with Crippen LogP contribution in [0.4, 0.5) is 5.82 Å². The summed E-state index contributed by atoms with van der Waals surface area (Å²) in [6.45, 7) is 0. The van der Waals surface area contributed by atoms with Crippen LogP contribution in [0.15, 0.2) is 60.7 Å². The van der Waals surface area contributed by atoms with Gasteiger partial charge >= 0.3 is 0 Å². The molecule has 0 bridgehead atoms. The normalized spacial score (nSPS) is 11.0. The first-order valence-corrected chi connectivity index (χ1v) is 7.35. The van der Waals surface area contributed by atoms with E-state index in [1.165, 1.54) is 0 Å². The Morgan fingerprint density at radius 2 is 1.43 bits per heavy atom. The Morgan fingerprint density at radius 3 is 2.09 bits per heavy atom. The van der Waals surface area contributed by atoms with E-state index in [1.54, 1.807) is 4.68 Å². The van der Waals surface area contributed by atoms with Crippen LogP contribution in [-0.4, -0.2) is 19.7 Å². The van der Waals surface area contributed by atoms with Crippen molar-refractivity contribution in [1.82, 2.24) is 19.7 Å². The van der Waals surface area contributed by atoms with Crippen molar-refractivity contribution >= 4 is 16.9 Å². The van der Waals surface area contributed by atoms with Crippen molar-refractivity contribution in [3.8, 4) is 22.6 Å². The molecule has 4 rings (SSSR count). The number of nitrogens with two attached hydrogens (primary N) is 1. The van der Waals surface area contributed by atoms with Crippen molar-refractivity contribution in [3.63, 3.8) is 0 Å². The Kier molecular flexibility index (Phi) is 3.05. The van der Waals surface area contributed by atoms with Crippen molar-refractivity contribution in [1.29, 1.82) is 0 Å². The minimum atomic E-state index is 0.445. The van der Waals surface area contributed by atoms with Gasteiger partial charge in [0.05, 0.1) is 11.1 Å². The molecular formula is C18H15N5. The highest BCUT2D eigenvalue weighted by atomic mass is 15.3. The fourth-order valence-electron chi connectivity index (χ4n) is 2.70. The number of hydrogen-bond acceptors (Lipinski definition) is 4. The van der Waals surface area contributed by atoms with Gasteiger partial charge in [-0.25, -0.2) is 14.6 Å². The van der Waals surface area contributed by atoms with Crippen molar-refractivity contribution in [2.45, 2.75) is 0 Å². The molecule has 112 valence electrons. The van der Waals surface area contributed by atoms with E-state index in [4.69, 9.17) is 10.7 Å². The second-order valence-corrected chi connectivity index (χ2v) is 5.34. The van der Waals surface area contributed by atoms with E-state index in [1.807, 2.05) is 67.7 Å². The number of rotatable bonds is 2. The lowest BCUT2D eigenvalue weighted by Crippen LogP contribution is -1.97. The zero-order valence-electron chi connectivity index (χ0n) is 12.6. The summed E-state index contributed by atoms with van der Waals surface area (Å²) >= 11 is 0. The summed E-state index contributed by atoms with van der Waals surface area (Å²) in [5, 5.41) is 5.09. The zero-order valence-corrected chi connectivity index (χ0v) is 12.6. The molecule has 2 aromatic carbocycles. The average molecular weight is 301 g/mol. The van der Waals surface area contributed by atoms with Gasteiger partial charge in [0, 0.05) is 18.2 Å². The van der Waals surface area contributed by atoms with Gasteiger partial charge in [0.25, 0.3) is 0 Å². The summed E-state index contributed by atoms with van der Waals surface area (Å²) < 4.78 is 1.70. The number of fused-ring (bicyclic) bond motifs is 1. The van der Waals surface area contributed by atoms with E-state index in [0.717, 1.165) is 27.9 Å². The summed E-state index contributed by atoms with van der Waals surface area (Å²) in [5.74, 6) is 1.11. The molecule has 0 aliphatic heterocycles. The van der Waals surface area contributed by atoms with Crippen molar-refractivity contribution in [2.75, 3.05) is 5.73 Å². The van der Waals surface area contributed by atoms with Crippen LogP contribution in [-0.2, 0) is 7.05 Å². The minimum absolute atomic E-state index is 0.445. The molecule has 5 heteroatoms. The average Bonchev–Trinajstić information content (AvgIpc) is 2.90. The number of aromatic nitrogens is 4. The second kappa shape index (κ2) is 5.21. The van der Waals surface area contributed by atoms with Gasteiger partial charge in [-0.05, 0) is 0 Å². The summed E-state index contributed by atoms with van der Waals surface area (Å²) in [5.41, 5.74) is 9.59. The maximum atomic E-state index is 6.09. The molecule has 0 aliphatic rings. The Bertz CT molecular complexity index is 975. The third kappa shape index (κ3) is 2.23. The third-order valence-electron chi connectivity index (χ3n) is 3.79. The lowest BCUT2D eigenvalue weighted by atomic mass is 10.1.